The molecule has 1 aliphatic rings. The SMILES string of the molecule is COCCOCC(=O)N1CCC(c2ncc[nH]2)CC1. The summed E-state index contributed by atoms with van der Waals surface area (Å²) in [5.41, 5.74) is 0. The maximum atomic E-state index is 11.9. The third-order valence-electron chi connectivity index (χ3n) is 3.41. The summed E-state index contributed by atoms with van der Waals surface area (Å²) < 4.78 is 10.1. The number of H-pyrrole nitrogens is 1. The minimum absolute atomic E-state index is 0.0639. The van der Waals surface area contributed by atoms with E-state index in [1.165, 1.54) is 0 Å². The van der Waals surface area contributed by atoms with Crippen molar-refractivity contribution in [2.75, 3.05) is 40.0 Å². The monoisotopic (exact) mass is 267 g/mol. The zero-order valence-corrected chi connectivity index (χ0v) is 11.3. The number of ether oxygens (including phenoxy) is 2. The molecular formula is C13H21N3O3. The van der Waals surface area contributed by atoms with Crippen LogP contribution in [0.5, 0.6) is 0 Å². The Hall–Kier alpha value is -1.40. The molecule has 1 N–H and O–H groups in total. The van der Waals surface area contributed by atoms with Gasteiger partial charge in [0.15, 0.2) is 0 Å². The lowest BCUT2D eigenvalue weighted by molar-refractivity contribution is -0.137. The van der Waals surface area contributed by atoms with E-state index < -0.39 is 0 Å². The van der Waals surface area contributed by atoms with Crippen LogP contribution in [-0.2, 0) is 14.3 Å². The molecule has 1 aromatic heterocycles. The number of likely N-dealkylation sites (tertiary alicyclic amines) is 1. The second kappa shape index (κ2) is 7.25. The van der Waals surface area contributed by atoms with E-state index in [0.717, 1.165) is 31.8 Å². The van der Waals surface area contributed by atoms with Gasteiger partial charge in [-0.15, -0.1) is 0 Å². The summed E-state index contributed by atoms with van der Waals surface area (Å²) in [6, 6.07) is 0. The van der Waals surface area contributed by atoms with Gasteiger partial charge in [0, 0.05) is 38.5 Å². The van der Waals surface area contributed by atoms with Crippen LogP contribution in [0.4, 0.5) is 0 Å². The zero-order valence-electron chi connectivity index (χ0n) is 11.3. The van der Waals surface area contributed by atoms with Crippen molar-refractivity contribution < 1.29 is 14.3 Å². The molecule has 6 heteroatoms. The fraction of sp³-hybridized carbons (Fsp3) is 0.692. The Kier molecular flexibility index (Phi) is 5.35. The molecule has 106 valence electrons. The number of amides is 1. The van der Waals surface area contributed by atoms with Crippen molar-refractivity contribution in [3.05, 3.63) is 18.2 Å². The number of carbonyl (C=O) groups excluding carboxylic acids is 1. The summed E-state index contributed by atoms with van der Waals surface area (Å²) in [6.07, 6.45) is 5.53. The molecule has 0 atom stereocenters. The van der Waals surface area contributed by atoms with Crippen LogP contribution in [0, 0.1) is 0 Å². The Labute approximate surface area is 113 Å². The molecule has 0 aromatic carbocycles. The summed E-state index contributed by atoms with van der Waals surface area (Å²) in [6.45, 7) is 2.68. The number of imidazole rings is 1. The molecule has 1 aliphatic heterocycles. The molecule has 19 heavy (non-hydrogen) atoms. The summed E-state index contributed by atoms with van der Waals surface area (Å²) in [5, 5.41) is 0. The van der Waals surface area contributed by atoms with Crippen LogP contribution in [0.3, 0.4) is 0 Å². The molecule has 0 unspecified atom stereocenters. The lowest BCUT2D eigenvalue weighted by Crippen LogP contribution is -2.40. The van der Waals surface area contributed by atoms with Gasteiger partial charge in [0.25, 0.3) is 0 Å². The van der Waals surface area contributed by atoms with Gasteiger partial charge in [0.1, 0.15) is 12.4 Å². The highest BCUT2D eigenvalue weighted by molar-refractivity contribution is 5.77. The zero-order chi connectivity index (χ0) is 13.5. The second-order valence-corrected chi connectivity index (χ2v) is 4.67. The summed E-state index contributed by atoms with van der Waals surface area (Å²) in [5.74, 6) is 1.53. The molecule has 1 amide bonds. The third kappa shape index (κ3) is 4.04. The van der Waals surface area contributed by atoms with Crippen LogP contribution in [0.25, 0.3) is 0 Å². The van der Waals surface area contributed by atoms with Crippen LogP contribution in [0.15, 0.2) is 12.4 Å². The molecule has 1 aromatic rings. The van der Waals surface area contributed by atoms with E-state index in [1.54, 1.807) is 13.3 Å². The van der Waals surface area contributed by atoms with Gasteiger partial charge in [-0.3, -0.25) is 4.79 Å². The maximum absolute atomic E-state index is 11.9. The number of hydrogen-bond donors (Lipinski definition) is 1. The molecule has 0 radical (unpaired) electrons. The molecule has 6 nitrogen and oxygen atoms in total. The molecule has 1 fully saturated rings. The quantitative estimate of drug-likeness (QED) is 0.773. The topological polar surface area (TPSA) is 67.5 Å². The van der Waals surface area contributed by atoms with E-state index in [-0.39, 0.29) is 12.5 Å². The van der Waals surface area contributed by atoms with Gasteiger partial charge >= 0.3 is 0 Å². The van der Waals surface area contributed by atoms with Gasteiger partial charge in [-0.2, -0.15) is 0 Å². The van der Waals surface area contributed by atoms with Gasteiger partial charge in [-0.1, -0.05) is 0 Å². The average Bonchev–Trinajstić information content (AvgIpc) is 2.98. The largest absolute Gasteiger partial charge is 0.382 e. The highest BCUT2D eigenvalue weighted by Crippen LogP contribution is 2.25. The predicted molar refractivity (Wildman–Crippen MR) is 69.8 cm³/mol. The first-order chi connectivity index (χ1) is 9.31. The van der Waals surface area contributed by atoms with Crippen molar-refractivity contribution in [3.8, 4) is 0 Å². The minimum atomic E-state index is 0.0639. The first-order valence-electron chi connectivity index (χ1n) is 6.65. The number of aromatic nitrogens is 2. The first kappa shape index (κ1) is 14.0. The van der Waals surface area contributed by atoms with Crippen LogP contribution in [0.1, 0.15) is 24.6 Å². The van der Waals surface area contributed by atoms with Crippen LogP contribution in [-0.4, -0.2) is 60.8 Å². The van der Waals surface area contributed by atoms with E-state index in [4.69, 9.17) is 9.47 Å². The number of nitrogens with zero attached hydrogens (tertiary/aromatic N) is 2. The van der Waals surface area contributed by atoms with E-state index in [2.05, 4.69) is 9.97 Å². The fourth-order valence-corrected chi connectivity index (χ4v) is 2.30. The van der Waals surface area contributed by atoms with Gasteiger partial charge in [-0.05, 0) is 12.8 Å². The van der Waals surface area contributed by atoms with Crippen LogP contribution < -0.4 is 0 Å². The van der Waals surface area contributed by atoms with E-state index in [1.807, 2.05) is 11.1 Å². The third-order valence-corrected chi connectivity index (χ3v) is 3.41. The standard InChI is InChI=1S/C13H21N3O3/c1-18-8-9-19-10-12(17)16-6-2-11(3-7-16)13-14-4-5-15-13/h4-5,11H,2-3,6-10H2,1H3,(H,14,15). The number of aromatic amines is 1. The van der Waals surface area contributed by atoms with Gasteiger partial charge in [0.05, 0.1) is 13.2 Å². The van der Waals surface area contributed by atoms with Gasteiger partial charge in [0.2, 0.25) is 5.91 Å². The van der Waals surface area contributed by atoms with Crippen molar-refractivity contribution >= 4 is 5.91 Å². The van der Waals surface area contributed by atoms with Crippen LogP contribution in [0.2, 0.25) is 0 Å². The smallest absolute Gasteiger partial charge is 0.248 e. The lowest BCUT2D eigenvalue weighted by Gasteiger charge is -2.31. The first-order valence-corrected chi connectivity index (χ1v) is 6.65. The predicted octanol–water partition coefficient (Wildman–Crippen LogP) is 0.779. The molecule has 2 heterocycles. The fourth-order valence-electron chi connectivity index (χ4n) is 2.30. The van der Waals surface area contributed by atoms with Crippen molar-refractivity contribution in [1.82, 2.24) is 14.9 Å². The highest BCUT2D eigenvalue weighted by Gasteiger charge is 2.24. The normalized spacial score (nSPS) is 16.8. The molecule has 2 rings (SSSR count). The molecule has 0 saturated carbocycles. The minimum Gasteiger partial charge on any atom is -0.382 e. The van der Waals surface area contributed by atoms with Gasteiger partial charge in [-0.25, -0.2) is 4.98 Å². The van der Waals surface area contributed by atoms with Crippen molar-refractivity contribution in [2.24, 2.45) is 0 Å². The Balaban J connectivity index is 1.69. The number of nitrogens with one attached hydrogen (secondary N) is 1. The number of methoxy groups -OCH3 is 1. The van der Waals surface area contributed by atoms with E-state index in [0.29, 0.717) is 19.1 Å². The molecule has 1 saturated heterocycles. The molecular weight excluding hydrogens is 246 g/mol. The summed E-state index contributed by atoms with van der Waals surface area (Å²) >= 11 is 0. The average molecular weight is 267 g/mol. The van der Waals surface area contributed by atoms with E-state index >= 15 is 0 Å². The Morgan fingerprint density at radius 1 is 1.47 bits per heavy atom. The Morgan fingerprint density at radius 2 is 2.26 bits per heavy atom. The summed E-state index contributed by atoms with van der Waals surface area (Å²) in [4.78, 5) is 21.2. The molecule has 0 spiro atoms. The Bertz CT molecular complexity index is 372. The Morgan fingerprint density at radius 3 is 2.89 bits per heavy atom. The molecule has 0 bridgehead atoms. The number of rotatable bonds is 6. The highest BCUT2D eigenvalue weighted by atomic mass is 16.5. The number of piperidine rings is 1. The van der Waals surface area contributed by atoms with Gasteiger partial charge < -0.3 is 19.4 Å². The van der Waals surface area contributed by atoms with E-state index in [9.17, 15) is 4.79 Å². The van der Waals surface area contributed by atoms with Crippen LogP contribution >= 0.6 is 0 Å². The summed E-state index contributed by atoms with van der Waals surface area (Å²) in [7, 11) is 1.62. The van der Waals surface area contributed by atoms with Crippen molar-refractivity contribution in [3.63, 3.8) is 0 Å². The second-order valence-electron chi connectivity index (χ2n) is 4.67. The maximum Gasteiger partial charge on any atom is 0.248 e. The number of carbonyl (C=O) groups is 1. The molecule has 0 aliphatic carbocycles. The van der Waals surface area contributed by atoms with Crippen molar-refractivity contribution in [2.45, 2.75) is 18.8 Å². The lowest BCUT2D eigenvalue weighted by atomic mass is 9.96. The van der Waals surface area contributed by atoms with Crippen molar-refractivity contribution in [1.29, 1.82) is 0 Å². The number of hydrogen-bond acceptors (Lipinski definition) is 4.